The smallest absolute Gasteiger partial charge is 0.325 e. The summed E-state index contributed by atoms with van der Waals surface area (Å²) in [4.78, 5) is 12.5. The Morgan fingerprint density at radius 1 is 0.970 bits per heavy atom. The molecule has 4 aromatic rings. The van der Waals surface area contributed by atoms with E-state index >= 15 is 0 Å². The molecule has 10 heteroatoms. The lowest BCUT2D eigenvalue weighted by Gasteiger charge is -2.12. The van der Waals surface area contributed by atoms with E-state index in [0.717, 1.165) is 35.1 Å². The fourth-order valence-corrected chi connectivity index (χ4v) is 4.07. The van der Waals surface area contributed by atoms with E-state index in [1.54, 1.807) is 0 Å². The fraction of sp³-hybridized carbons (Fsp3) is 0.0870. The van der Waals surface area contributed by atoms with Crippen LogP contribution in [0.5, 0.6) is 0 Å². The number of carbonyl (C=O) groups excluding carboxylic acids is 1. The van der Waals surface area contributed by atoms with E-state index in [9.17, 15) is 18.0 Å². The molecule has 1 amide bonds. The predicted octanol–water partition coefficient (Wildman–Crippen LogP) is 6.34. The van der Waals surface area contributed by atoms with E-state index in [1.807, 2.05) is 65.2 Å². The molecule has 0 atom stereocenters. The topological polar surface area (TPSA) is 59.8 Å². The van der Waals surface area contributed by atoms with Crippen LogP contribution in [0, 0.1) is 0 Å². The average molecular weight is 489 g/mol. The number of nitrogens with zero attached hydrogens (tertiary/aromatic N) is 3. The van der Waals surface area contributed by atoms with Crippen LogP contribution in [0.1, 0.15) is 5.56 Å². The molecular weight excluding hydrogens is 473 g/mol. The molecule has 0 fully saturated rings. The van der Waals surface area contributed by atoms with Crippen LogP contribution in [-0.4, -0.2) is 26.4 Å². The molecule has 33 heavy (non-hydrogen) atoms. The minimum absolute atomic E-state index is 0.00632. The van der Waals surface area contributed by atoms with Gasteiger partial charge in [0.25, 0.3) is 0 Å². The molecule has 3 aromatic carbocycles. The molecule has 0 spiro atoms. The van der Waals surface area contributed by atoms with E-state index in [-0.39, 0.29) is 11.4 Å². The predicted molar refractivity (Wildman–Crippen MR) is 123 cm³/mol. The Morgan fingerprint density at radius 3 is 2.30 bits per heavy atom. The molecule has 0 aliphatic heterocycles. The van der Waals surface area contributed by atoms with Crippen LogP contribution < -0.4 is 5.32 Å². The SMILES string of the molecule is O=C(CSc1nnc(-c2ccccc2)n1-c1ccccc1)Nc1ccc(Cl)c(C(F)(F)F)c1. The second kappa shape index (κ2) is 9.68. The first-order valence-corrected chi connectivity index (χ1v) is 11.0. The maximum atomic E-state index is 13.1. The monoisotopic (exact) mass is 488 g/mol. The second-order valence-corrected chi connectivity index (χ2v) is 8.22. The molecule has 1 heterocycles. The highest BCUT2D eigenvalue weighted by Gasteiger charge is 2.33. The third kappa shape index (κ3) is 5.37. The summed E-state index contributed by atoms with van der Waals surface area (Å²) >= 11 is 6.76. The van der Waals surface area contributed by atoms with Gasteiger partial charge < -0.3 is 5.32 Å². The van der Waals surface area contributed by atoms with E-state index in [4.69, 9.17) is 11.6 Å². The summed E-state index contributed by atoms with van der Waals surface area (Å²) in [5, 5.41) is 11.0. The van der Waals surface area contributed by atoms with Gasteiger partial charge in [-0.3, -0.25) is 9.36 Å². The van der Waals surface area contributed by atoms with Gasteiger partial charge in [-0.25, -0.2) is 0 Å². The van der Waals surface area contributed by atoms with Crippen molar-refractivity contribution in [2.45, 2.75) is 11.3 Å². The van der Waals surface area contributed by atoms with Gasteiger partial charge in [0.2, 0.25) is 5.91 Å². The van der Waals surface area contributed by atoms with Crippen LogP contribution in [0.25, 0.3) is 17.1 Å². The Hall–Kier alpha value is -3.30. The number of rotatable bonds is 6. The van der Waals surface area contributed by atoms with Gasteiger partial charge in [-0.2, -0.15) is 13.2 Å². The largest absolute Gasteiger partial charge is 0.417 e. The minimum Gasteiger partial charge on any atom is -0.325 e. The Labute approximate surface area is 196 Å². The Kier molecular flexibility index (Phi) is 6.71. The molecule has 0 radical (unpaired) electrons. The zero-order chi connectivity index (χ0) is 23.4. The lowest BCUT2D eigenvalue weighted by Crippen LogP contribution is -2.15. The van der Waals surface area contributed by atoms with Gasteiger partial charge in [0.15, 0.2) is 11.0 Å². The highest BCUT2D eigenvalue weighted by Crippen LogP contribution is 2.36. The fourth-order valence-electron chi connectivity index (χ4n) is 3.09. The maximum absolute atomic E-state index is 13.1. The summed E-state index contributed by atoms with van der Waals surface area (Å²) in [5.74, 6) is 0.0422. The Bertz CT molecular complexity index is 1260. The molecule has 0 bridgehead atoms. The van der Waals surface area contributed by atoms with E-state index in [2.05, 4.69) is 15.5 Å². The van der Waals surface area contributed by atoms with E-state index < -0.39 is 22.7 Å². The first-order chi connectivity index (χ1) is 15.8. The second-order valence-electron chi connectivity index (χ2n) is 6.87. The molecule has 0 saturated carbocycles. The Balaban J connectivity index is 1.54. The number of thioether (sulfide) groups is 1. The molecule has 4 rings (SSSR count). The maximum Gasteiger partial charge on any atom is 0.417 e. The van der Waals surface area contributed by atoms with Gasteiger partial charge in [-0.15, -0.1) is 10.2 Å². The van der Waals surface area contributed by atoms with Crippen LogP contribution in [0.4, 0.5) is 18.9 Å². The van der Waals surface area contributed by atoms with Crippen molar-refractivity contribution in [1.82, 2.24) is 14.8 Å². The highest BCUT2D eigenvalue weighted by atomic mass is 35.5. The number of hydrogen-bond acceptors (Lipinski definition) is 4. The number of aromatic nitrogens is 3. The molecule has 1 aromatic heterocycles. The van der Waals surface area contributed by atoms with Crippen LogP contribution in [-0.2, 0) is 11.0 Å². The van der Waals surface area contributed by atoms with Crippen molar-refractivity contribution in [3.8, 4) is 17.1 Å². The molecule has 0 unspecified atom stereocenters. The summed E-state index contributed by atoms with van der Waals surface area (Å²) in [6, 6.07) is 22.2. The van der Waals surface area contributed by atoms with Crippen molar-refractivity contribution < 1.29 is 18.0 Å². The van der Waals surface area contributed by atoms with E-state index in [0.29, 0.717) is 11.0 Å². The first-order valence-electron chi connectivity index (χ1n) is 9.68. The molecule has 1 N–H and O–H groups in total. The normalized spacial score (nSPS) is 11.4. The number of anilines is 1. The summed E-state index contributed by atoms with van der Waals surface area (Å²) in [5.41, 5.74) is 0.667. The molecule has 0 aliphatic rings. The molecule has 168 valence electrons. The van der Waals surface area contributed by atoms with Crippen molar-refractivity contribution in [2.75, 3.05) is 11.1 Å². The number of hydrogen-bond donors (Lipinski definition) is 1. The quantitative estimate of drug-likeness (QED) is 0.322. The van der Waals surface area contributed by atoms with Crippen LogP contribution >= 0.6 is 23.4 Å². The average Bonchev–Trinajstić information content (AvgIpc) is 3.23. The Morgan fingerprint density at radius 2 is 1.64 bits per heavy atom. The highest BCUT2D eigenvalue weighted by molar-refractivity contribution is 7.99. The van der Waals surface area contributed by atoms with Crippen molar-refractivity contribution in [3.05, 3.63) is 89.4 Å². The number of nitrogens with one attached hydrogen (secondary N) is 1. The first kappa shape index (κ1) is 22.9. The summed E-state index contributed by atoms with van der Waals surface area (Å²) in [6.07, 6.45) is -4.62. The van der Waals surface area contributed by atoms with Crippen molar-refractivity contribution in [3.63, 3.8) is 0 Å². The van der Waals surface area contributed by atoms with Gasteiger partial charge in [-0.1, -0.05) is 71.9 Å². The zero-order valence-electron chi connectivity index (χ0n) is 16.9. The number of alkyl halides is 3. The lowest BCUT2D eigenvalue weighted by molar-refractivity contribution is -0.137. The number of amides is 1. The van der Waals surface area contributed by atoms with Gasteiger partial charge in [0, 0.05) is 16.9 Å². The van der Waals surface area contributed by atoms with Crippen LogP contribution in [0.3, 0.4) is 0 Å². The van der Waals surface area contributed by atoms with Gasteiger partial charge >= 0.3 is 6.18 Å². The van der Waals surface area contributed by atoms with Crippen molar-refractivity contribution >= 4 is 35.0 Å². The van der Waals surface area contributed by atoms with Gasteiger partial charge in [-0.05, 0) is 30.3 Å². The van der Waals surface area contributed by atoms with Gasteiger partial charge in [0.1, 0.15) is 0 Å². The van der Waals surface area contributed by atoms with Crippen LogP contribution in [0.15, 0.2) is 84.0 Å². The molecular formula is C23H16ClF3N4OS. The molecule has 0 aliphatic carbocycles. The summed E-state index contributed by atoms with van der Waals surface area (Å²) in [7, 11) is 0. The number of para-hydroxylation sites is 1. The standard InChI is InChI=1S/C23H16ClF3N4OS/c24-19-12-11-16(13-18(19)23(25,26)27)28-20(32)14-33-22-30-29-21(15-7-3-1-4-8-15)31(22)17-9-5-2-6-10-17/h1-13H,14H2,(H,28,32). The minimum atomic E-state index is -4.62. The van der Waals surface area contributed by atoms with Crippen molar-refractivity contribution in [1.29, 1.82) is 0 Å². The number of benzene rings is 3. The zero-order valence-corrected chi connectivity index (χ0v) is 18.5. The summed E-state index contributed by atoms with van der Waals surface area (Å²) in [6.45, 7) is 0. The number of halogens is 4. The van der Waals surface area contributed by atoms with E-state index in [1.165, 1.54) is 6.07 Å². The third-order valence-electron chi connectivity index (χ3n) is 4.57. The summed E-state index contributed by atoms with van der Waals surface area (Å²) < 4.78 is 41.0. The number of carbonyl (C=O) groups is 1. The molecule has 0 saturated heterocycles. The van der Waals surface area contributed by atoms with Crippen molar-refractivity contribution in [2.24, 2.45) is 0 Å². The molecule has 5 nitrogen and oxygen atoms in total. The third-order valence-corrected chi connectivity index (χ3v) is 5.83. The lowest BCUT2D eigenvalue weighted by atomic mass is 10.2. The van der Waals surface area contributed by atoms with Gasteiger partial charge in [0.05, 0.1) is 16.3 Å². The van der Waals surface area contributed by atoms with Crippen LogP contribution in [0.2, 0.25) is 5.02 Å².